The molecule has 2 amide bonds. The Hall–Kier alpha value is -4.24. The second-order valence-electron chi connectivity index (χ2n) is 9.65. The lowest BCUT2D eigenvalue weighted by molar-refractivity contribution is -0.151. The fraction of sp³-hybridized carbons (Fsp3) is 0.323. The lowest BCUT2D eigenvalue weighted by Crippen LogP contribution is -2.51. The van der Waals surface area contributed by atoms with Gasteiger partial charge in [-0.1, -0.05) is 54.6 Å². The molecule has 1 saturated heterocycles. The molecule has 3 aromatic rings. The van der Waals surface area contributed by atoms with Crippen LogP contribution in [0.3, 0.4) is 0 Å². The Morgan fingerprint density at radius 1 is 1.00 bits per heavy atom. The minimum Gasteiger partial charge on any atom is -0.474 e. The molecule has 0 bridgehead atoms. The van der Waals surface area contributed by atoms with Gasteiger partial charge in [0.2, 0.25) is 17.9 Å². The fourth-order valence-electron chi connectivity index (χ4n) is 4.70. The van der Waals surface area contributed by atoms with Crippen LogP contribution in [0.15, 0.2) is 78.9 Å². The van der Waals surface area contributed by atoms with Crippen molar-refractivity contribution in [3.05, 3.63) is 101 Å². The molecule has 3 atom stereocenters. The van der Waals surface area contributed by atoms with Crippen molar-refractivity contribution in [1.82, 2.24) is 10.2 Å². The number of carbonyl (C=O) groups excluding carboxylic acids is 3. The number of rotatable bonds is 11. The number of benzene rings is 3. The number of esters is 1. The molecule has 3 N–H and O–H groups in total. The first-order valence-electron chi connectivity index (χ1n) is 13.4. The van der Waals surface area contributed by atoms with Gasteiger partial charge in [-0.2, -0.15) is 0 Å². The van der Waals surface area contributed by atoms with Crippen molar-refractivity contribution < 1.29 is 28.2 Å². The summed E-state index contributed by atoms with van der Waals surface area (Å²) in [5.74, 6) is -0.877. The first-order chi connectivity index (χ1) is 19.4. The predicted octanol–water partition coefficient (Wildman–Crippen LogP) is 3.69. The minimum atomic E-state index is -0.896. The maximum absolute atomic E-state index is 13.2. The van der Waals surface area contributed by atoms with Crippen LogP contribution in [0.5, 0.6) is 5.75 Å². The smallest absolute Gasteiger partial charge is 0.352 e. The molecule has 1 unspecified atom stereocenters. The Bertz CT molecular complexity index is 1280. The van der Waals surface area contributed by atoms with Gasteiger partial charge in [0, 0.05) is 18.7 Å². The minimum absolute atomic E-state index is 0.244. The lowest BCUT2D eigenvalue weighted by atomic mass is 10.0. The van der Waals surface area contributed by atoms with E-state index < -0.39 is 24.2 Å². The maximum Gasteiger partial charge on any atom is 0.352 e. The van der Waals surface area contributed by atoms with Crippen LogP contribution >= 0.6 is 0 Å². The van der Waals surface area contributed by atoms with Crippen molar-refractivity contribution in [3.8, 4) is 5.75 Å². The molecule has 1 fully saturated rings. The van der Waals surface area contributed by atoms with Gasteiger partial charge in [-0.05, 0) is 61.6 Å². The summed E-state index contributed by atoms with van der Waals surface area (Å²) in [6.07, 6.45) is 0.636. The molecule has 4 rings (SSSR count). The third-order valence-corrected chi connectivity index (χ3v) is 6.77. The number of likely N-dealkylation sites (tertiary alicyclic amines) is 1. The first kappa shape index (κ1) is 28.8. The normalized spacial score (nSPS) is 16.2. The van der Waals surface area contributed by atoms with Crippen molar-refractivity contribution in [2.75, 3.05) is 13.2 Å². The van der Waals surface area contributed by atoms with Crippen LogP contribution in [-0.2, 0) is 32.1 Å². The Morgan fingerprint density at radius 3 is 2.35 bits per heavy atom. The highest BCUT2D eigenvalue weighted by Crippen LogP contribution is 2.24. The average Bonchev–Trinajstić information content (AvgIpc) is 3.47. The third-order valence-electron chi connectivity index (χ3n) is 6.77. The van der Waals surface area contributed by atoms with Gasteiger partial charge in [0.15, 0.2) is 0 Å². The summed E-state index contributed by atoms with van der Waals surface area (Å²) in [6, 6.07) is 20.7. The summed E-state index contributed by atoms with van der Waals surface area (Å²) in [4.78, 5) is 40.1. The monoisotopic (exact) mass is 547 g/mol. The molecular weight excluding hydrogens is 513 g/mol. The highest BCUT2D eigenvalue weighted by atomic mass is 19.1. The van der Waals surface area contributed by atoms with Gasteiger partial charge in [-0.3, -0.25) is 9.59 Å². The molecule has 0 saturated carbocycles. The highest BCUT2D eigenvalue weighted by molar-refractivity contribution is 5.90. The van der Waals surface area contributed by atoms with E-state index in [1.54, 1.807) is 60.4 Å². The molecule has 0 aliphatic carbocycles. The van der Waals surface area contributed by atoms with Gasteiger partial charge in [-0.15, -0.1) is 0 Å². The molecule has 1 heterocycles. The zero-order valence-electron chi connectivity index (χ0n) is 22.4. The molecule has 9 heteroatoms. The number of hydrogen-bond acceptors (Lipinski definition) is 6. The molecule has 8 nitrogen and oxygen atoms in total. The third kappa shape index (κ3) is 7.45. The van der Waals surface area contributed by atoms with Crippen LogP contribution in [0, 0.1) is 5.82 Å². The van der Waals surface area contributed by atoms with Gasteiger partial charge in [0.25, 0.3) is 0 Å². The Balaban J connectivity index is 1.32. The summed E-state index contributed by atoms with van der Waals surface area (Å²) in [5, 5.41) is 2.91. The van der Waals surface area contributed by atoms with Crippen molar-refractivity contribution in [1.29, 1.82) is 0 Å². The quantitative estimate of drug-likeness (QED) is 0.355. The van der Waals surface area contributed by atoms with Crippen LogP contribution < -0.4 is 15.8 Å². The van der Waals surface area contributed by atoms with Crippen LogP contribution in [0.1, 0.15) is 42.6 Å². The summed E-state index contributed by atoms with van der Waals surface area (Å²) in [7, 11) is 0. The van der Waals surface area contributed by atoms with E-state index in [2.05, 4.69) is 5.32 Å². The molecular formula is C31H34FN3O5. The van der Waals surface area contributed by atoms with Crippen molar-refractivity contribution in [3.63, 3.8) is 0 Å². The van der Waals surface area contributed by atoms with Gasteiger partial charge in [0.05, 0.1) is 12.6 Å². The van der Waals surface area contributed by atoms with E-state index in [1.807, 2.05) is 18.2 Å². The first-order valence-corrected chi connectivity index (χ1v) is 13.4. The van der Waals surface area contributed by atoms with Crippen molar-refractivity contribution in [2.45, 2.75) is 50.9 Å². The van der Waals surface area contributed by atoms with Crippen LogP contribution in [0.4, 0.5) is 4.39 Å². The van der Waals surface area contributed by atoms with Crippen molar-refractivity contribution >= 4 is 17.8 Å². The number of halogens is 1. The Labute approximate surface area is 233 Å². The number of carbonyl (C=O) groups is 3. The average molecular weight is 548 g/mol. The van der Waals surface area contributed by atoms with Gasteiger partial charge < -0.3 is 25.4 Å². The molecule has 1 aliphatic rings. The Morgan fingerprint density at radius 2 is 1.68 bits per heavy atom. The van der Waals surface area contributed by atoms with E-state index in [4.69, 9.17) is 15.2 Å². The number of amides is 2. The van der Waals surface area contributed by atoms with E-state index in [-0.39, 0.29) is 37.2 Å². The van der Waals surface area contributed by atoms with E-state index in [1.165, 1.54) is 12.1 Å². The summed E-state index contributed by atoms with van der Waals surface area (Å²) in [5.41, 5.74) is 8.43. The topological polar surface area (TPSA) is 111 Å². The molecule has 0 spiro atoms. The number of nitrogens with one attached hydrogen (secondary N) is 1. The van der Waals surface area contributed by atoms with Crippen LogP contribution in [-0.4, -0.2) is 47.9 Å². The Kier molecular flexibility index (Phi) is 9.86. The number of nitrogens with two attached hydrogens (primary N) is 1. The number of hydrogen-bond donors (Lipinski definition) is 2. The van der Waals surface area contributed by atoms with Crippen LogP contribution in [0.25, 0.3) is 0 Å². The molecule has 1 aliphatic heterocycles. The van der Waals surface area contributed by atoms with E-state index >= 15 is 0 Å². The van der Waals surface area contributed by atoms with E-state index in [0.717, 1.165) is 11.1 Å². The van der Waals surface area contributed by atoms with Crippen molar-refractivity contribution in [2.24, 2.45) is 5.73 Å². The predicted molar refractivity (Wildman–Crippen MR) is 148 cm³/mol. The van der Waals surface area contributed by atoms with E-state index in [0.29, 0.717) is 30.7 Å². The fourth-order valence-corrected chi connectivity index (χ4v) is 4.70. The molecule has 210 valence electrons. The maximum atomic E-state index is 13.2. The molecule has 3 aromatic carbocycles. The molecule has 0 radical (unpaired) electrons. The molecule has 40 heavy (non-hydrogen) atoms. The SMILES string of the molecule is CCOC(=O)C(Oc1ccc(CNC(=O)[C@@H]2CCCN2C(=O)[C@@H](N)Cc2ccc(F)cc2)cc1)c1ccccc1. The summed E-state index contributed by atoms with van der Waals surface area (Å²) < 4.78 is 24.3. The number of ether oxygens (including phenoxy) is 2. The summed E-state index contributed by atoms with van der Waals surface area (Å²) >= 11 is 0. The zero-order valence-corrected chi connectivity index (χ0v) is 22.4. The van der Waals surface area contributed by atoms with Gasteiger partial charge in [0.1, 0.15) is 17.6 Å². The molecule has 0 aromatic heterocycles. The zero-order chi connectivity index (χ0) is 28.5. The number of nitrogens with zero attached hydrogens (tertiary/aromatic N) is 1. The highest BCUT2D eigenvalue weighted by Gasteiger charge is 2.36. The second-order valence-corrected chi connectivity index (χ2v) is 9.65. The van der Waals surface area contributed by atoms with Gasteiger partial charge >= 0.3 is 5.97 Å². The lowest BCUT2D eigenvalue weighted by Gasteiger charge is -2.27. The second kappa shape index (κ2) is 13.7. The standard InChI is InChI=1S/C31H34FN3O5/c1-2-39-31(38)28(23-7-4-3-5-8-23)40-25-16-12-22(13-17-25)20-34-29(36)27-9-6-18-35(27)30(37)26(33)19-21-10-14-24(32)15-11-21/h3-5,7-8,10-17,26-28H,2,6,9,18-20,33H2,1H3,(H,34,36)/t26-,27-,28?/m0/s1. The van der Waals surface area contributed by atoms with Gasteiger partial charge in [-0.25, -0.2) is 9.18 Å². The van der Waals surface area contributed by atoms with E-state index in [9.17, 15) is 18.8 Å². The summed E-state index contributed by atoms with van der Waals surface area (Å²) in [6.45, 7) is 2.71. The van der Waals surface area contributed by atoms with Crippen LogP contribution in [0.2, 0.25) is 0 Å². The largest absolute Gasteiger partial charge is 0.474 e.